The SMILES string of the molecule is O=C(c1ccc(COCC(F)(F)F)cc1)N1CCCC1c1nnc2n1CCCCC2. The summed E-state index contributed by atoms with van der Waals surface area (Å²) < 4.78 is 43.4. The second-order valence-corrected chi connectivity index (χ2v) is 7.90. The number of likely N-dealkylation sites (tertiary alicyclic amines) is 1. The van der Waals surface area contributed by atoms with Crippen LogP contribution >= 0.6 is 0 Å². The van der Waals surface area contributed by atoms with Crippen LogP contribution in [0.2, 0.25) is 0 Å². The Balaban J connectivity index is 1.44. The molecule has 0 aliphatic carbocycles. The molecule has 3 heterocycles. The molecule has 0 N–H and O–H groups in total. The summed E-state index contributed by atoms with van der Waals surface area (Å²) in [4.78, 5) is 15.0. The fourth-order valence-electron chi connectivity index (χ4n) is 4.23. The number of amides is 1. The van der Waals surface area contributed by atoms with Crippen LogP contribution in [0.25, 0.3) is 0 Å². The first-order valence-corrected chi connectivity index (χ1v) is 10.4. The quantitative estimate of drug-likeness (QED) is 0.729. The van der Waals surface area contributed by atoms with Crippen molar-refractivity contribution in [2.75, 3.05) is 13.2 Å². The van der Waals surface area contributed by atoms with Gasteiger partial charge in [0.15, 0.2) is 5.82 Å². The fourth-order valence-corrected chi connectivity index (χ4v) is 4.23. The van der Waals surface area contributed by atoms with Crippen LogP contribution in [0.5, 0.6) is 0 Å². The Morgan fingerprint density at radius 3 is 2.63 bits per heavy atom. The van der Waals surface area contributed by atoms with Crippen LogP contribution in [0.15, 0.2) is 24.3 Å². The lowest BCUT2D eigenvalue weighted by atomic mass is 10.1. The van der Waals surface area contributed by atoms with Crippen LogP contribution in [0.4, 0.5) is 13.2 Å². The number of carbonyl (C=O) groups is 1. The van der Waals surface area contributed by atoms with Gasteiger partial charge in [-0.15, -0.1) is 10.2 Å². The minimum atomic E-state index is -4.35. The summed E-state index contributed by atoms with van der Waals surface area (Å²) in [7, 11) is 0. The molecule has 30 heavy (non-hydrogen) atoms. The molecule has 1 atom stereocenters. The second kappa shape index (κ2) is 8.75. The summed E-state index contributed by atoms with van der Waals surface area (Å²) in [6.07, 6.45) is 1.72. The number of carbonyl (C=O) groups excluding carboxylic acids is 1. The molecule has 2 aromatic rings. The number of hydrogen-bond donors (Lipinski definition) is 0. The predicted octanol–water partition coefficient (Wildman–Crippen LogP) is 4.06. The molecule has 0 radical (unpaired) electrons. The van der Waals surface area contributed by atoms with Crippen molar-refractivity contribution in [1.29, 1.82) is 0 Å². The van der Waals surface area contributed by atoms with Crippen LogP contribution in [0.1, 0.15) is 65.7 Å². The number of fused-ring (bicyclic) bond motifs is 1. The number of rotatable bonds is 5. The van der Waals surface area contributed by atoms with Crippen molar-refractivity contribution < 1.29 is 22.7 Å². The molecule has 2 aliphatic heterocycles. The normalized spacial score (nSPS) is 19.6. The Kier molecular flexibility index (Phi) is 6.08. The van der Waals surface area contributed by atoms with Gasteiger partial charge in [-0.2, -0.15) is 13.2 Å². The summed E-state index contributed by atoms with van der Waals surface area (Å²) >= 11 is 0. The van der Waals surface area contributed by atoms with Crippen molar-refractivity contribution in [3.05, 3.63) is 47.0 Å². The number of aromatic nitrogens is 3. The largest absolute Gasteiger partial charge is 0.411 e. The highest BCUT2D eigenvalue weighted by Crippen LogP contribution is 2.33. The van der Waals surface area contributed by atoms with Gasteiger partial charge >= 0.3 is 6.18 Å². The number of halogens is 3. The Bertz CT molecular complexity index is 879. The number of nitrogens with zero attached hydrogens (tertiary/aromatic N) is 4. The Labute approximate surface area is 173 Å². The average molecular weight is 422 g/mol. The lowest BCUT2D eigenvalue weighted by Crippen LogP contribution is -2.32. The smallest absolute Gasteiger partial charge is 0.367 e. The van der Waals surface area contributed by atoms with Crippen molar-refractivity contribution in [2.24, 2.45) is 0 Å². The number of alkyl halides is 3. The van der Waals surface area contributed by atoms with Crippen LogP contribution in [0.3, 0.4) is 0 Å². The maximum absolute atomic E-state index is 13.1. The van der Waals surface area contributed by atoms with Crippen molar-refractivity contribution in [3.63, 3.8) is 0 Å². The molecular weight excluding hydrogens is 397 g/mol. The fraction of sp³-hybridized carbons (Fsp3) is 0.571. The Morgan fingerprint density at radius 2 is 1.87 bits per heavy atom. The predicted molar refractivity (Wildman–Crippen MR) is 103 cm³/mol. The van der Waals surface area contributed by atoms with E-state index in [2.05, 4.69) is 19.5 Å². The highest BCUT2D eigenvalue weighted by Gasteiger charge is 2.35. The molecule has 0 spiro atoms. The van der Waals surface area contributed by atoms with E-state index in [1.54, 1.807) is 24.3 Å². The third-order valence-corrected chi connectivity index (χ3v) is 5.69. The van der Waals surface area contributed by atoms with Crippen LogP contribution in [-0.2, 0) is 24.3 Å². The highest BCUT2D eigenvalue weighted by molar-refractivity contribution is 5.94. The van der Waals surface area contributed by atoms with Gasteiger partial charge in [0.1, 0.15) is 12.4 Å². The molecule has 1 fully saturated rings. The molecule has 1 amide bonds. The molecule has 2 aliphatic rings. The minimum absolute atomic E-state index is 0.0911. The lowest BCUT2D eigenvalue weighted by Gasteiger charge is -2.25. The van der Waals surface area contributed by atoms with Crippen LogP contribution < -0.4 is 0 Å². The molecule has 0 bridgehead atoms. The first-order chi connectivity index (χ1) is 14.4. The Morgan fingerprint density at radius 1 is 1.07 bits per heavy atom. The number of hydrogen-bond acceptors (Lipinski definition) is 4. The lowest BCUT2D eigenvalue weighted by molar-refractivity contribution is -0.176. The van der Waals surface area contributed by atoms with Gasteiger partial charge in [0.2, 0.25) is 0 Å². The number of benzene rings is 1. The van der Waals surface area contributed by atoms with E-state index in [0.29, 0.717) is 17.7 Å². The van der Waals surface area contributed by atoms with E-state index in [1.807, 2.05) is 4.90 Å². The van der Waals surface area contributed by atoms with Crippen LogP contribution in [-0.4, -0.2) is 44.9 Å². The molecule has 9 heteroatoms. The first kappa shape index (κ1) is 20.8. The van der Waals surface area contributed by atoms with Gasteiger partial charge in [0.05, 0.1) is 12.6 Å². The van der Waals surface area contributed by atoms with Gasteiger partial charge in [-0.25, -0.2) is 0 Å². The number of ether oxygens (including phenoxy) is 1. The zero-order chi connectivity index (χ0) is 21.1. The third kappa shape index (κ3) is 4.66. The summed E-state index contributed by atoms with van der Waals surface area (Å²) in [5.41, 5.74) is 1.11. The number of aryl methyl sites for hydroxylation is 1. The summed E-state index contributed by atoms with van der Waals surface area (Å²) in [5.74, 6) is 1.78. The summed E-state index contributed by atoms with van der Waals surface area (Å²) in [5, 5.41) is 8.79. The first-order valence-electron chi connectivity index (χ1n) is 10.4. The van der Waals surface area contributed by atoms with Crippen molar-refractivity contribution in [3.8, 4) is 0 Å². The monoisotopic (exact) mass is 422 g/mol. The van der Waals surface area contributed by atoms with E-state index < -0.39 is 12.8 Å². The van der Waals surface area contributed by atoms with E-state index in [1.165, 1.54) is 6.42 Å². The van der Waals surface area contributed by atoms with Crippen molar-refractivity contribution >= 4 is 5.91 Å². The molecule has 6 nitrogen and oxygen atoms in total. The van der Waals surface area contributed by atoms with E-state index in [0.717, 1.165) is 50.3 Å². The topological polar surface area (TPSA) is 60.2 Å². The zero-order valence-electron chi connectivity index (χ0n) is 16.7. The van der Waals surface area contributed by atoms with E-state index in [4.69, 9.17) is 0 Å². The standard InChI is InChI=1S/C21H25F3N4O2/c22-21(23,24)14-30-13-15-7-9-16(10-8-15)20(29)27-12-4-5-17(27)19-26-25-18-6-2-1-3-11-28(18)19/h7-10,17H,1-6,11-14H2. The van der Waals surface area contributed by atoms with E-state index >= 15 is 0 Å². The maximum Gasteiger partial charge on any atom is 0.411 e. The summed E-state index contributed by atoms with van der Waals surface area (Å²) in [6.45, 7) is 0.114. The molecular formula is C21H25F3N4O2. The van der Waals surface area contributed by atoms with Gasteiger partial charge in [-0.1, -0.05) is 18.6 Å². The molecule has 162 valence electrons. The van der Waals surface area contributed by atoms with Crippen LogP contribution in [0, 0.1) is 0 Å². The van der Waals surface area contributed by atoms with Gasteiger partial charge in [0, 0.05) is 25.1 Å². The van der Waals surface area contributed by atoms with Gasteiger partial charge < -0.3 is 14.2 Å². The average Bonchev–Trinajstić information content (AvgIpc) is 3.28. The van der Waals surface area contributed by atoms with Gasteiger partial charge in [0.25, 0.3) is 5.91 Å². The molecule has 1 aromatic heterocycles. The van der Waals surface area contributed by atoms with Crippen molar-refractivity contribution in [2.45, 2.75) is 63.9 Å². The molecule has 1 saturated heterocycles. The zero-order valence-corrected chi connectivity index (χ0v) is 16.7. The molecule has 1 aromatic carbocycles. The third-order valence-electron chi connectivity index (χ3n) is 5.69. The maximum atomic E-state index is 13.1. The molecule has 1 unspecified atom stereocenters. The second-order valence-electron chi connectivity index (χ2n) is 7.90. The van der Waals surface area contributed by atoms with Crippen molar-refractivity contribution in [1.82, 2.24) is 19.7 Å². The van der Waals surface area contributed by atoms with E-state index in [-0.39, 0.29) is 18.6 Å². The van der Waals surface area contributed by atoms with Gasteiger partial charge in [-0.3, -0.25) is 4.79 Å². The Hall–Kier alpha value is -2.42. The van der Waals surface area contributed by atoms with Gasteiger partial charge in [-0.05, 0) is 43.4 Å². The summed E-state index contributed by atoms with van der Waals surface area (Å²) in [6, 6.07) is 6.48. The highest BCUT2D eigenvalue weighted by atomic mass is 19.4. The molecule has 0 saturated carbocycles. The molecule has 4 rings (SSSR count). The van der Waals surface area contributed by atoms with E-state index in [9.17, 15) is 18.0 Å². The minimum Gasteiger partial charge on any atom is -0.367 e.